The highest BCUT2D eigenvalue weighted by Crippen LogP contribution is 2.52. The fourth-order valence-corrected chi connectivity index (χ4v) is 4.95. The van der Waals surface area contributed by atoms with E-state index in [1.54, 1.807) is 36.4 Å². The molecule has 0 aromatic heterocycles. The van der Waals surface area contributed by atoms with E-state index in [0.717, 1.165) is 19.3 Å². The Morgan fingerprint density at radius 1 is 0.643 bits per heavy atom. The number of rotatable bonds is 3. The lowest BCUT2D eigenvalue weighted by Gasteiger charge is -2.45. The lowest BCUT2D eigenvalue weighted by atomic mass is 9.58. The van der Waals surface area contributed by atoms with Gasteiger partial charge in [0.05, 0.1) is 0 Å². The highest BCUT2D eigenvalue weighted by Gasteiger charge is 2.42. The summed E-state index contributed by atoms with van der Waals surface area (Å²) in [6.45, 7) is 2.29. The Morgan fingerprint density at radius 2 is 1.07 bits per heavy atom. The predicted octanol–water partition coefficient (Wildman–Crippen LogP) is 5.69. The van der Waals surface area contributed by atoms with Crippen molar-refractivity contribution in [3.8, 4) is 17.2 Å². The van der Waals surface area contributed by atoms with Gasteiger partial charge >= 0.3 is 0 Å². The van der Waals surface area contributed by atoms with Gasteiger partial charge in [-0.25, -0.2) is 0 Å². The third-order valence-electron chi connectivity index (χ3n) is 6.18. The Labute approximate surface area is 165 Å². The molecule has 1 aliphatic rings. The van der Waals surface area contributed by atoms with Crippen molar-refractivity contribution in [2.75, 3.05) is 0 Å². The zero-order valence-corrected chi connectivity index (χ0v) is 16.0. The van der Waals surface area contributed by atoms with E-state index in [1.165, 1.54) is 16.7 Å². The molecule has 0 saturated heterocycles. The molecule has 0 bridgehead atoms. The second kappa shape index (κ2) is 7.23. The van der Waals surface area contributed by atoms with E-state index in [9.17, 15) is 15.3 Å². The van der Waals surface area contributed by atoms with E-state index in [1.807, 2.05) is 36.4 Å². The average Bonchev–Trinajstić information content (AvgIpc) is 2.69. The molecule has 0 spiro atoms. The monoisotopic (exact) mass is 374 g/mol. The van der Waals surface area contributed by atoms with Gasteiger partial charge in [-0.1, -0.05) is 43.3 Å². The predicted molar refractivity (Wildman–Crippen MR) is 111 cm³/mol. The summed E-state index contributed by atoms with van der Waals surface area (Å²) in [6.07, 6.45) is 3.05. The van der Waals surface area contributed by atoms with Gasteiger partial charge in [-0.2, -0.15) is 0 Å². The number of hydrogen-bond acceptors (Lipinski definition) is 3. The second-order valence-corrected chi connectivity index (χ2v) is 8.21. The molecule has 0 heterocycles. The van der Waals surface area contributed by atoms with Crippen molar-refractivity contribution >= 4 is 0 Å². The van der Waals surface area contributed by atoms with Crippen LogP contribution in [0.4, 0.5) is 0 Å². The van der Waals surface area contributed by atoms with E-state index in [2.05, 4.69) is 6.92 Å². The number of aromatic hydroxyl groups is 3. The van der Waals surface area contributed by atoms with Gasteiger partial charge in [0, 0.05) is 5.41 Å². The molecular weight excluding hydrogens is 348 g/mol. The second-order valence-electron chi connectivity index (χ2n) is 8.21. The van der Waals surface area contributed by atoms with Crippen LogP contribution in [-0.2, 0) is 5.41 Å². The zero-order chi connectivity index (χ0) is 19.7. The number of phenols is 3. The first-order chi connectivity index (χ1) is 13.5. The first-order valence-electron chi connectivity index (χ1n) is 9.84. The Balaban J connectivity index is 1.82. The van der Waals surface area contributed by atoms with Gasteiger partial charge in [0.15, 0.2) is 0 Å². The Bertz CT molecular complexity index is 882. The van der Waals surface area contributed by atoms with Gasteiger partial charge in [0.1, 0.15) is 17.2 Å². The van der Waals surface area contributed by atoms with Crippen LogP contribution in [0.1, 0.15) is 48.8 Å². The standard InChI is InChI=1S/C25H26O3/c1-17-14-19(18-2-8-22(26)9-3-18)16-25(15-17,20-4-10-23(27)11-5-20)21-6-12-24(28)13-7-21/h2-13,17,19,26-28H,14-16H2,1H3. The van der Waals surface area contributed by atoms with Crippen LogP contribution in [0, 0.1) is 5.92 Å². The van der Waals surface area contributed by atoms with Crippen molar-refractivity contribution in [3.05, 3.63) is 89.5 Å². The van der Waals surface area contributed by atoms with Crippen LogP contribution >= 0.6 is 0 Å². The maximum atomic E-state index is 9.80. The van der Waals surface area contributed by atoms with Crippen LogP contribution in [-0.4, -0.2) is 15.3 Å². The van der Waals surface area contributed by atoms with Crippen LogP contribution in [0.25, 0.3) is 0 Å². The van der Waals surface area contributed by atoms with Crippen LogP contribution in [0.5, 0.6) is 17.2 Å². The molecule has 2 unspecified atom stereocenters. The molecule has 3 aromatic rings. The summed E-state index contributed by atoms with van der Waals surface area (Å²) in [5.74, 6) is 1.70. The van der Waals surface area contributed by atoms with Crippen molar-refractivity contribution in [1.82, 2.24) is 0 Å². The summed E-state index contributed by atoms with van der Waals surface area (Å²) < 4.78 is 0. The molecular formula is C25H26O3. The first kappa shape index (κ1) is 18.4. The van der Waals surface area contributed by atoms with Crippen LogP contribution < -0.4 is 0 Å². The Morgan fingerprint density at radius 3 is 1.54 bits per heavy atom. The van der Waals surface area contributed by atoms with E-state index < -0.39 is 0 Å². The molecule has 28 heavy (non-hydrogen) atoms. The first-order valence-corrected chi connectivity index (χ1v) is 9.84. The molecule has 3 N–H and O–H groups in total. The molecule has 2 atom stereocenters. The molecule has 0 radical (unpaired) electrons. The quantitative estimate of drug-likeness (QED) is 0.552. The van der Waals surface area contributed by atoms with Gasteiger partial charge in [0.25, 0.3) is 0 Å². The minimum Gasteiger partial charge on any atom is -0.508 e. The van der Waals surface area contributed by atoms with Crippen LogP contribution in [0.3, 0.4) is 0 Å². The summed E-state index contributed by atoms with van der Waals surface area (Å²) >= 11 is 0. The fraction of sp³-hybridized carbons (Fsp3) is 0.280. The third kappa shape index (κ3) is 3.45. The summed E-state index contributed by atoms with van der Waals surface area (Å²) in [6, 6.07) is 22.7. The van der Waals surface area contributed by atoms with Crippen LogP contribution in [0.2, 0.25) is 0 Å². The number of phenolic OH excluding ortho intramolecular Hbond substituents is 3. The summed E-state index contributed by atoms with van der Waals surface area (Å²) in [5, 5.41) is 29.3. The van der Waals surface area contributed by atoms with E-state index in [-0.39, 0.29) is 22.7 Å². The lowest BCUT2D eigenvalue weighted by Crippen LogP contribution is -2.36. The highest BCUT2D eigenvalue weighted by atomic mass is 16.3. The molecule has 0 aliphatic heterocycles. The smallest absolute Gasteiger partial charge is 0.115 e. The minimum absolute atomic E-state index is 0.193. The number of benzene rings is 3. The van der Waals surface area contributed by atoms with Gasteiger partial charge in [-0.05, 0) is 84.2 Å². The average molecular weight is 374 g/mol. The largest absolute Gasteiger partial charge is 0.508 e. The highest BCUT2D eigenvalue weighted by molar-refractivity contribution is 5.45. The summed E-state index contributed by atoms with van der Waals surface area (Å²) in [5.41, 5.74) is 3.42. The van der Waals surface area contributed by atoms with Gasteiger partial charge in [-0.3, -0.25) is 0 Å². The summed E-state index contributed by atoms with van der Waals surface area (Å²) in [4.78, 5) is 0. The van der Waals surface area contributed by atoms with Crippen molar-refractivity contribution in [2.24, 2.45) is 5.92 Å². The van der Waals surface area contributed by atoms with Crippen molar-refractivity contribution < 1.29 is 15.3 Å². The van der Waals surface area contributed by atoms with Crippen molar-refractivity contribution in [2.45, 2.75) is 37.5 Å². The maximum Gasteiger partial charge on any atom is 0.115 e. The molecule has 3 heteroatoms. The molecule has 1 saturated carbocycles. The van der Waals surface area contributed by atoms with Gasteiger partial charge < -0.3 is 15.3 Å². The number of hydrogen-bond donors (Lipinski definition) is 3. The zero-order valence-electron chi connectivity index (χ0n) is 16.0. The molecule has 144 valence electrons. The molecule has 3 nitrogen and oxygen atoms in total. The molecule has 4 rings (SSSR count). The third-order valence-corrected chi connectivity index (χ3v) is 6.18. The van der Waals surface area contributed by atoms with E-state index in [0.29, 0.717) is 11.8 Å². The van der Waals surface area contributed by atoms with Gasteiger partial charge in [-0.15, -0.1) is 0 Å². The molecule has 1 fully saturated rings. The normalized spacial score (nSPS) is 21.3. The SMILES string of the molecule is CC1CC(c2ccc(O)cc2)CC(c2ccc(O)cc2)(c2ccc(O)cc2)C1. The molecule has 1 aliphatic carbocycles. The van der Waals surface area contributed by atoms with E-state index >= 15 is 0 Å². The Kier molecular flexibility index (Phi) is 4.76. The van der Waals surface area contributed by atoms with Crippen LogP contribution in [0.15, 0.2) is 72.8 Å². The van der Waals surface area contributed by atoms with Crippen molar-refractivity contribution in [1.29, 1.82) is 0 Å². The minimum atomic E-state index is -0.193. The Hall–Kier alpha value is -2.94. The molecule has 0 amide bonds. The van der Waals surface area contributed by atoms with E-state index in [4.69, 9.17) is 0 Å². The van der Waals surface area contributed by atoms with Gasteiger partial charge in [0.2, 0.25) is 0 Å². The lowest BCUT2D eigenvalue weighted by molar-refractivity contribution is 0.242. The fourth-order valence-electron chi connectivity index (χ4n) is 4.95. The molecule has 3 aromatic carbocycles. The van der Waals surface area contributed by atoms with Crippen molar-refractivity contribution in [3.63, 3.8) is 0 Å². The maximum absolute atomic E-state index is 9.80. The topological polar surface area (TPSA) is 60.7 Å². The summed E-state index contributed by atoms with van der Waals surface area (Å²) in [7, 11) is 0.